The van der Waals surface area contributed by atoms with Crippen molar-refractivity contribution in [2.75, 3.05) is 6.54 Å². The smallest absolute Gasteiger partial charge is 0.124 e. The number of rotatable bonds is 9. The first-order valence-electron chi connectivity index (χ1n) is 6.88. The van der Waals surface area contributed by atoms with Crippen molar-refractivity contribution in [2.45, 2.75) is 52.0 Å². The quantitative estimate of drug-likeness (QED) is 0.628. The average molecular weight is 272 g/mol. The lowest BCUT2D eigenvalue weighted by atomic mass is 10.1. The van der Waals surface area contributed by atoms with Crippen LogP contribution in [-0.2, 0) is 6.54 Å². The molecule has 1 aromatic carbocycles. The van der Waals surface area contributed by atoms with Gasteiger partial charge in [0.25, 0.3) is 0 Å². The molecule has 0 bridgehead atoms. The molecule has 0 spiro atoms. The SMILES string of the molecule is CCCCCCCCNCc1ccc(F)cc1Cl. The highest BCUT2D eigenvalue weighted by Gasteiger charge is 2.01. The van der Waals surface area contributed by atoms with E-state index >= 15 is 0 Å². The fourth-order valence-corrected chi connectivity index (χ4v) is 2.15. The zero-order chi connectivity index (χ0) is 13.2. The van der Waals surface area contributed by atoms with Gasteiger partial charge in [-0.15, -0.1) is 0 Å². The highest BCUT2D eigenvalue weighted by molar-refractivity contribution is 6.31. The monoisotopic (exact) mass is 271 g/mol. The molecule has 0 heterocycles. The summed E-state index contributed by atoms with van der Waals surface area (Å²) in [6, 6.07) is 4.56. The number of nitrogens with one attached hydrogen (secondary N) is 1. The highest BCUT2D eigenvalue weighted by atomic mass is 35.5. The fourth-order valence-electron chi connectivity index (χ4n) is 1.92. The van der Waals surface area contributed by atoms with Crippen molar-refractivity contribution in [3.8, 4) is 0 Å². The van der Waals surface area contributed by atoms with Gasteiger partial charge in [0.1, 0.15) is 5.82 Å². The van der Waals surface area contributed by atoms with Gasteiger partial charge in [-0.2, -0.15) is 0 Å². The first-order chi connectivity index (χ1) is 8.74. The zero-order valence-corrected chi connectivity index (χ0v) is 11.9. The Morgan fingerprint density at radius 1 is 1.11 bits per heavy atom. The van der Waals surface area contributed by atoms with Crippen LogP contribution in [0.1, 0.15) is 51.0 Å². The topological polar surface area (TPSA) is 12.0 Å². The molecule has 0 aliphatic heterocycles. The van der Waals surface area contributed by atoms with Crippen molar-refractivity contribution >= 4 is 11.6 Å². The lowest BCUT2D eigenvalue weighted by Crippen LogP contribution is -2.14. The summed E-state index contributed by atoms with van der Waals surface area (Å²) in [6.07, 6.45) is 7.79. The van der Waals surface area contributed by atoms with Crippen molar-refractivity contribution in [2.24, 2.45) is 0 Å². The normalized spacial score (nSPS) is 10.8. The molecule has 0 aromatic heterocycles. The minimum absolute atomic E-state index is 0.278. The average Bonchev–Trinajstić information content (AvgIpc) is 2.35. The van der Waals surface area contributed by atoms with Crippen LogP contribution in [0.3, 0.4) is 0 Å². The maximum Gasteiger partial charge on any atom is 0.124 e. The second-order valence-corrected chi connectivity index (χ2v) is 5.09. The van der Waals surface area contributed by atoms with Gasteiger partial charge >= 0.3 is 0 Å². The Hall–Kier alpha value is -0.600. The summed E-state index contributed by atoms with van der Waals surface area (Å²) >= 11 is 5.95. The first-order valence-corrected chi connectivity index (χ1v) is 7.26. The standard InChI is InChI=1S/C15H23ClFN/c1-2-3-4-5-6-7-10-18-12-13-8-9-14(17)11-15(13)16/h8-9,11,18H,2-7,10,12H2,1H3. The summed E-state index contributed by atoms with van der Waals surface area (Å²) in [7, 11) is 0. The minimum atomic E-state index is -0.278. The Morgan fingerprint density at radius 3 is 2.56 bits per heavy atom. The molecular weight excluding hydrogens is 249 g/mol. The van der Waals surface area contributed by atoms with Gasteiger partial charge in [-0.05, 0) is 30.7 Å². The van der Waals surface area contributed by atoms with Crippen LogP contribution in [0.15, 0.2) is 18.2 Å². The summed E-state index contributed by atoms with van der Waals surface area (Å²) < 4.78 is 12.8. The van der Waals surface area contributed by atoms with E-state index in [1.807, 2.05) is 0 Å². The van der Waals surface area contributed by atoms with Gasteiger partial charge in [0.15, 0.2) is 0 Å². The second-order valence-electron chi connectivity index (χ2n) is 4.68. The van der Waals surface area contributed by atoms with Crippen LogP contribution in [0.25, 0.3) is 0 Å². The molecule has 1 N–H and O–H groups in total. The van der Waals surface area contributed by atoms with Gasteiger partial charge in [0, 0.05) is 11.6 Å². The molecule has 0 fully saturated rings. The van der Waals surface area contributed by atoms with E-state index in [9.17, 15) is 4.39 Å². The van der Waals surface area contributed by atoms with E-state index in [2.05, 4.69) is 12.2 Å². The number of unbranched alkanes of at least 4 members (excludes halogenated alkanes) is 5. The van der Waals surface area contributed by atoms with Gasteiger partial charge in [-0.3, -0.25) is 0 Å². The number of hydrogen-bond donors (Lipinski definition) is 1. The second kappa shape index (κ2) is 9.35. The van der Waals surface area contributed by atoms with Crippen molar-refractivity contribution in [3.05, 3.63) is 34.6 Å². The first kappa shape index (κ1) is 15.5. The lowest BCUT2D eigenvalue weighted by molar-refractivity contribution is 0.571. The minimum Gasteiger partial charge on any atom is -0.313 e. The van der Waals surface area contributed by atoms with Crippen LogP contribution in [0, 0.1) is 5.82 Å². The molecule has 1 aromatic rings. The van der Waals surface area contributed by atoms with Crippen LogP contribution in [0.2, 0.25) is 5.02 Å². The molecule has 0 atom stereocenters. The van der Waals surface area contributed by atoms with Crippen molar-refractivity contribution in [1.82, 2.24) is 5.32 Å². The van der Waals surface area contributed by atoms with Gasteiger partial charge in [0.05, 0.1) is 0 Å². The van der Waals surface area contributed by atoms with E-state index in [0.717, 1.165) is 12.1 Å². The molecule has 0 aliphatic carbocycles. The van der Waals surface area contributed by atoms with E-state index < -0.39 is 0 Å². The molecule has 0 unspecified atom stereocenters. The summed E-state index contributed by atoms with van der Waals surface area (Å²) in [5.74, 6) is -0.278. The Balaban J connectivity index is 2.07. The maximum atomic E-state index is 12.8. The molecular formula is C15H23ClFN. The van der Waals surface area contributed by atoms with Crippen LogP contribution < -0.4 is 5.32 Å². The van der Waals surface area contributed by atoms with Crippen LogP contribution in [0.5, 0.6) is 0 Å². The van der Waals surface area contributed by atoms with Crippen LogP contribution in [-0.4, -0.2) is 6.54 Å². The highest BCUT2D eigenvalue weighted by Crippen LogP contribution is 2.16. The van der Waals surface area contributed by atoms with Gasteiger partial charge < -0.3 is 5.32 Å². The summed E-state index contributed by atoms with van der Waals surface area (Å²) in [4.78, 5) is 0. The Labute approximate surface area is 115 Å². The van der Waals surface area contributed by atoms with E-state index in [1.165, 1.54) is 50.7 Å². The zero-order valence-electron chi connectivity index (χ0n) is 11.1. The van der Waals surface area contributed by atoms with E-state index in [1.54, 1.807) is 6.07 Å². The van der Waals surface area contributed by atoms with Gasteiger partial charge in [-0.1, -0.05) is 56.7 Å². The van der Waals surface area contributed by atoms with Crippen molar-refractivity contribution in [1.29, 1.82) is 0 Å². The number of halogens is 2. The molecule has 0 radical (unpaired) electrons. The predicted molar refractivity (Wildman–Crippen MR) is 76.5 cm³/mol. The van der Waals surface area contributed by atoms with E-state index in [-0.39, 0.29) is 5.82 Å². The molecule has 1 rings (SSSR count). The summed E-state index contributed by atoms with van der Waals surface area (Å²) in [5, 5.41) is 3.85. The third-order valence-corrected chi connectivity index (χ3v) is 3.39. The Morgan fingerprint density at radius 2 is 1.83 bits per heavy atom. The van der Waals surface area contributed by atoms with Crippen molar-refractivity contribution in [3.63, 3.8) is 0 Å². The Kier molecular flexibility index (Phi) is 8.03. The molecule has 3 heteroatoms. The maximum absolute atomic E-state index is 12.8. The molecule has 0 saturated carbocycles. The largest absolute Gasteiger partial charge is 0.313 e. The van der Waals surface area contributed by atoms with E-state index in [4.69, 9.17) is 11.6 Å². The van der Waals surface area contributed by atoms with Gasteiger partial charge in [-0.25, -0.2) is 4.39 Å². The number of hydrogen-bond acceptors (Lipinski definition) is 1. The lowest BCUT2D eigenvalue weighted by Gasteiger charge is -2.06. The molecule has 0 aliphatic rings. The van der Waals surface area contributed by atoms with Crippen molar-refractivity contribution < 1.29 is 4.39 Å². The van der Waals surface area contributed by atoms with Crippen LogP contribution in [0.4, 0.5) is 4.39 Å². The predicted octanol–water partition coefficient (Wildman–Crippen LogP) is 4.93. The van der Waals surface area contributed by atoms with E-state index in [0.29, 0.717) is 11.6 Å². The molecule has 1 nitrogen and oxygen atoms in total. The van der Waals surface area contributed by atoms with Gasteiger partial charge in [0.2, 0.25) is 0 Å². The third-order valence-electron chi connectivity index (χ3n) is 3.04. The summed E-state index contributed by atoms with van der Waals surface area (Å²) in [6.45, 7) is 3.95. The third kappa shape index (κ3) is 6.36. The molecule has 0 saturated heterocycles. The molecule has 18 heavy (non-hydrogen) atoms. The molecule has 102 valence electrons. The molecule has 0 amide bonds. The van der Waals surface area contributed by atoms with Crippen LogP contribution >= 0.6 is 11.6 Å². The Bertz CT molecular complexity index is 341. The number of benzene rings is 1. The fraction of sp³-hybridized carbons (Fsp3) is 0.600. The summed E-state index contributed by atoms with van der Waals surface area (Å²) in [5.41, 5.74) is 0.962.